The lowest BCUT2D eigenvalue weighted by Crippen LogP contribution is -2.10. The second-order valence-corrected chi connectivity index (χ2v) is 8.21. The van der Waals surface area contributed by atoms with Gasteiger partial charge in [-0.1, -0.05) is 55.7 Å². The van der Waals surface area contributed by atoms with Gasteiger partial charge in [0.25, 0.3) is 0 Å². The van der Waals surface area contributed by atoms with Crippen LogP contribution >= 0.6 is 11.6 Å². The number of nitrogens with one attached hydrogen (secondary N) is 1. The van der Waals surface area contributed by atoms with Crippen molar-refractivity contribution in [3.8, 4) is 22.7 Å². The van der Waals surface area contributed by atoms with Gasteiger partial charge in [-0.2, -0.15) is 13.2 Å². The lowest BCUT2D eigenvalue weighted by atomic mass is 9.92. The van der Waals surface area contributed by atoms with Crippen LogP contribution in [0, 0.1) is 0 Å². The molecule has 0 spiro atoms. The first-order chi connectivity index (χ1) is 13.5. The van der Waals surface area contributed by atoms with Crippen LogP contribution in [0.25, 0.3) is 33.7 Å². The van der Waals surface area contributed by atoms with Crippen molar-refractivity contribution in [2.24, 2.45) is 0 Å². The van der Waals surface area contributed by atoms with E-state index in [0.717, 1.165) is 6.07 Å². The van der Waals surface area contributed by atoms with E-state index in [0.29, 0.717) is 21.8 Å². The first-order valence-electron chi connectivity index (χ1n) is 8.87. The highest BCUT2D eigenvalue weighted by Gasteiger charge is 2.35. The summed E-state index contributed by atoms with van der Waals surface area (Å²) in [4.78, 5) is 7.08. The van der Waals surface area contributed by atoms with E-state index in [2.05, 4.69) is 15.1 Å². The minimum absolute atomic E-state index is 0.114. The van der Waals surface area contributed by atoms with Crippen molar-refractivity contribution < 1.29 is 17.7 Å². The van der Waals surface area contributed by atoms with Gasteiger partial charge in [-0.25, -0.2) is 4.98 Å². The van der Waals surface area contributed by atoms with Crippen molar-refractivity contribution >= 4 is 22.6 Å². The quantitative estimate of drug-likeness (QED) is 0.386. The molecule has 0 amide bonds. The number of hydrogen-bond acceptors (Lipinski definition) is 3. The number of H-pyrrole nitrogens is 1. The normalized spacial score (nSPS) is 12.7. The molecule has 0 saturated heterocycles. The average Bonchev–Trinajstić information content (AvgIpc) is 3.27. The Hall–Kier alpha value is -2.80. The molecule has 4 nitrogen and oxygen atoms in total. The average molecular weight is 420 g/mol. The second kappa shape index (κ2) is 6.62. The molecule has 0 fully saturated rings. The topological polar surface area (TPSA) is 54.7 Å². The lowest BCUT2D eigenvalue weighted by Gasteiger charge is -2.12. The Bertz CT molecular complexity index is 1200. The number of benzene rings is 2. The Balaban J connectivity index is 1.92. The number of aromatic amines is 1. The largest absolute Gasteiger partial charge is 0.418 e. The summed E-state index contributed by atoms with van der Waals surface area (Å²) < 4.78 is 46.6. The number of halogens is 4. The number of hydrogen-bond donors (Lipinski definition) is 1. The van der Waals surface area contributed by atoms with Crippen LogP contribution in [0.3, 0.4) is 0 Å². The van der Waals surface area contributed by atoms with Gasteiger partial charge in [0.15, 0.2) is 5.82 Å². The maximum absolute atomic E-state index is 13.8. The minimum atomic E-state index is -4.57. The standard InChI is InChI=1S/C21H17ClF3N3O/c1-20(2,3)17-10-16(29-28-17)19-26-15-9-11(12-6-4-5-7-14(12)22)8-13(18(15)27-19)21(23,24)25/h4-10H,1-3H3,(H,26,27). The van der Waals surface area contributed by atoms with E-state index in [-0.39, 0.29) is 28.0 Å². The molecule has 0 unspecified atom stereocenters. The van der Waals surface area contributed by atoms with Gasteiger partial charge in [0.05, 0.1) is 22.3 Å². The van der Waals surface area contributed by atoms with E-state index < -0.39 is 11.7 Å². The summed E-state index contributed by atoms with van der Waals surface area (Å²) in [6, 6.07) is 11.1. The zero-order valence-electron chi connectivity index (χ0n) is 15.9. The van der Waals surface area contributed by atoms with E-state index in [9.17, 15) is 13.2 Å². The van der Waals surface area contributed by atoms with Gasteiger partial charge in [0.1, 0.15) is 0 Å². The zero-order chi connectivity index (χ0) is 21.0. The van der Waals surface area contributed by atoms with Gasteiger partial charge >= 0.3 is 6.18 Å². The van der Waals surface area contributed by atoms with Gasteiger partial charge in [0, 0.05) is 22.1 Å². The molecule has 2 aromatic heterocycles. The molecule has 0 aliphatic rings. The van der Waals surface area contributed by atoms with Gasteiger partial charge in [0.2, 0.25) is 5.76 Å². The van der Waals surface area contributed by atoms with Crippen LogP contribution in [0.15, 0.2) is 47.0 Å². The summed E-state index contributed by atoms with van der Waals surface area (Å²) in [7, 11) is 0. The molecule has 0 saturated carbocycles. The van der Waals surface area contributed by atoms with Crippen molar-refractivity contribution in [2.45, 2.75) is 32.4 Å². The lowest BCUT2D eigenvalue weighted by molar-refractivity contribution is -0.136. The van der Waals surface area contributed by atoms with Crippen molar-refractivity contribution in [1.29, 1.82) is 0 Å². The smallest absolute Gasteiger partial charge is 0.353 e. The number of alkyl halides is 3. The zero-order valence-corrected chi connectivity index (χ0v) is 16.6. The summed E-state index contributed by atoms with van der Waals surface area (Å²) in [6.45, 7) is 5.89. The molecule has 0 aliphatic carbocycles. The third kappa shape index (κ3) is 3.62. The molecule has 8 heteroatoms. The Labute approximate surface area is 169 Å². The van der Waals surface area contributed by atoms with Crippen molar-refractivity contribution in [3.63, 3.8) is 0 Å². The monoisotopic (exact) mass is 419 g/mol. The molecule has 1 N–H and O–H groups in total. The first kappa shape index (κ1) is 19.5. The Morgan fingerprint density at radius 3 is 2.38 bits per heavy atom. The fourth-order valence-corrected chi connectivity index (χ4v) is 3.29. The molecular formula is C21H17ClF3N3O. The summed E-state index contributed by atoms with van der Waals surface area (Å²) >= 11 is 6.19. The molecule has 2 aromatic carbocycles. The van der Waals surface area contributed by atoms with Gasteiger partial charge in [-0.15, -0.1) is 0 Å². The number of imidazole rings is 1. The van der Waals surface area contributed by atoms with Crippen LogP contribution in [-0.2, 0) is 11.6 Å². The van der Waals surface area contributed by atoms with Crippen molar-refractivity contribution in [3.05, 3.63) is 58.7 Å². The van der Waals surface area contributed by atoms with Crippen LogP contribution in [0.4, 0.5) is 13.2 Å². The molecule has 150 valence electrons. The van der Waals surface area contributed by atoms with Gasteiger partial charge < -0.3 is 9.51 Å². The molecular weight excluding hydrogens is 403 g/mol. The van der Waals surface area contributed by atoms with E-state index >= 15 is 0 Å². The maximum Gasteiger partial charge on any atom is 0.418 e. The minimum Gasteiger partial charge on any atom is -0.353 e. The number of fused-ring (bicyclic) bond motifs is 1. The second-order valence-electron chi connectivity index (χ2n) is 7.81. The molecule has 4 rings (SSSR count). The predicted octanol–water partition coefficient (Wildman–Crippen LogP) is 6.85. The molecule has 0 bridgehead atoms. The van der Waals surface area contributed by atoms with E-state index in [4.69, 9.17) is 16.1 Å². The van der Waals surface area contributed by atoms with E-state index in [1.165, 1.54) is 0 Å². The van der Waals surface area contributed by atoms with Gasteiger partial charge in [-0.05, 0) is 23.8 Å². The third-order valence-electron chi connectivity index (χ3n) is 4.60. The number of rotatable bonds is 2. The highest BCUT2D eigenvalue weighted by atomic mass is 35.5. The first-order valence-corrected chi connectivity index (χ1v) is 9.25. The van der Waals surface area contributed by atoms with Crippen LogP contribution in [0.1, 0.15) is 32.0 Å². The molecule has 0 atom stereocenters. The van der Waals surface area contributed by atoms with E-state index in [1.54, 1.807) is 36.4 Å². The van der Waals surface area contributed by atoms with Crippen molar-refractivity contribution in [2.75, 3.05) is 0 Å². The summed E-state index contributed by atoms with van der Waals surface area (Å²) in [6.07, 6.45) is -4.57. The molecule has 4 aromatic rings. The van der Waals surface area contributed by atoms with Crippen molar-refractivity contribution in [1.82, 2.24) is 15.1 Å². The van der Waals surface area contributed by atoms with Crippen LogP contribution in [-0.4, -0.2) is 15.1 Å². The molecule has 0 aliphatic heterocycles. The third-order valence-corrected chi connectivity index (χ3v) is 4.93. The number of aromatic nitrogens is 3. The highest BCUT2D eigenvalue weighted by molar-refractivity contribution is 6.33. The predicted molar refractivity (Wildman–Crippen MR) is 106 cm³/mol. The number of nitrogens with zero attached hydrogens (tertiary/aromatic N) is 2. The molecule has 0 radical (unpaired) electrons. The highest BCUT2D eigenvalue weighted by Crippen LogP contribution is 2.39. The fraction of sp³-hybridized carbons (Fsp3) is 0.238. The summed E-state index contributed by atoms with van der Waals surface area (Å²) in [5.74, 6) is 0.461. The van der Waals surface area contributed by atoms with E-state index in [1.807, 2.05) is 20.8 Å². The molecule has 2 heterocycles. The van der Waals surface area contributed by atoms with Crippen LogP contribution < -0.4 is 0 Å². The van der Waals surface area contributed by atoms with Crippen LogP contribution in [0.2, 0.25) is 5.02 Å². The summed E-state index contributed by atoms with van der Waals surface area (Å²) in [5, 5.41) is 4.37. The Morgan fingerprint density at radius 2 is 1.76 bits per heavy atom. The van der Waals surface area contributed by atoms with Gasteiger partial charge in [-0.3, -0.25) is 0 Å². The Kier molecular flexibility index (Phi) is 4.46. The SMILES string of the molecule is CC(C)(C)c1cc(-c2nc3cc(-c4ccccc4Cl)cc(C(F)(F)F)c3[nH]2)on1. The summed E-state index contributed by atoms with van der Waals surface area (Å²) in [5.41, 5.74) is 0.486. The molecule has 29 heavy (non-hydrogen) atoms. The van der Waals surface area contributed by atoms with Crippen LogP contribution in [0.5, 0.6) is 0 Å². The fourth-order valence-electron chi connectivity index (χ4n) is 3.04. The maximum atomic E-state index is 13.8. The Morgan fingerprint density at radius 1 is 1.03 bits per heavy atom.